The Morgan fingerprint density at radius 1 is 0.929 bits per heavy atom. The highest BCUT2D eigenvalue weighted by molar-refractivity contribution is 6.04. The number of hydrogen-bond donors (Lipinski definition) is 2. The van der Waals surface area contributed by atoms with E-state index in [1.807, 2.05) is 18.2 Å². The molecule has 2 N–H and O–H groups in total. The van der Waals surface area contributed by atoms with E-state index >= 15 is 0 Å². The van der Waals surface area contributed by atoms with Crippen molar-refractivity contribution < 1.29 is 4.79 Å². The first kappa shape index (κ1) is 18.8. The Balaban J connectivity index is 1.37. The van der Waals surface area contributed by atoms with Gasteiger partial charge in [0.25, 0.3) is 5.91 Å². The van der Waals surface area contributed by atoms with Crippen molar-refractivity contribution in [3.05, 3.63) is 48.2 Å². The number of rotatable bonds is 5. The van der Waals surface area contributed by atoms with E-state index in [4.69, 9.17) is 0 Å². The Morgan fingerprint density at radius 2 is 1.64 bits per heavy atom. The Labute approximate surface area is 167 Å². The third-order valence-corrected chi connectivity index (χ3v) is 5.83. The van der Waals surface area contributed by atoms with E-state index in [-0.39, 0.29) is 5.91 Å². The molecule has 0 spiro atoms. The third-order valence-electron chi connectivity index (χ3n) is 5.83. The maximum absolute atomic E-state index is 12.7. The molecule has 4 rings (SSSR count). The minimum Gasteiger partial charge on any atom is -0.372 e. The van der Waals surface area contributed by atoms with Crippen molar-refractivity contribution in [3.63, 3.8) is 0 Å². The summed E-state index contributed by atoms with van der Waals surface area (Å²) in [5, 5.41) is 6.49. The minimum atomic E-state index is -0.0974. The summed E-state index contributed by atoms with van der Waals surface area (Å²) < 4.78 is 0. The Kier molecular flexibility index (Phi) is 6.10. The first-order chi connectivity index (χ1) is 13.8. The third kappa shape index (κ3) is 4.83. The van der Waals surface area contributed by atoms with E-state index < -0.39 is 0 Å². The van der Waals surface area contributed by atoms with Crippen LogP contribution in [-0.2, 0) is 0 Å². The summed E-state index contributed by atoms with van der Waals surface area (Å²) in [4.78, 5) is 19.5. The van der Waals surface area contributed by atoms with E-state index in [0.29, 0.717) is 11.6 Å². The average Bonchev–Trinajstić information content (AvgIpc) is 2.76. The second kappa shape index (κ2) is 9.09. The first-order valence-electron chi connectivity index (χ1n) is 10.7. The number of nitrogens with zero attached hydrogens (tertiary/aromatic N) is 2. The van der Waals surface area contributed by atoms with Gasteiger partial charge in [-0.05, 0) is 68.5 Å². The van der Waals surface area contributed by atoms with Crippen molar-refractivity contribution in [2.75, 3.05) is 28.6 Å². The Hall–Kier alpha value is -2.56. The van der Waals surface area contributed by atoms with Crippen molar-refractivity contribution in [1.82, 2.24) is 4.98 Å². The number of nitrogens with one attached hydrogen (secondary N) is 2. The molecule has 1 aliphatic carbocycles. The molecule has 1 saturated carbocycles. The normalized spacial score (nSPS) is 17.9. The molecule has 2 fully saturated rings. The summed E-state index contributed by atoms with van der Waals surface area (Å²) in [7, 11) is 0. The van der Waals surface area contributed by atoms with Gasteiger partial charge in [-0.1, -0.05) is 19.3 Å². The zero-order valence-corrected chi connectivity index (χ0v) is 16.5. The summed E-state index contributed by atoms with van der Waals surface area (Å²) in [5.41, 5.74) is 2.69. The molecule has 5 nitrogen and oxygen atoms in total. The molecule has 0 atom stereocenters. The van der Waals surface area contributed by atoms with Crippen LogP contribution in [0.2, 0.25) is 0 Å². The van der Waals surface area contributed by atoms with Crippen LogP contribution in [0.5, 0.6) is 0 Å². The van der Waals surface area contributed by atoms with E-state index in [2.05, 4.69) is 32.7 Å². The Morgan fingerprint density at radius 3 is 2.39 bits per heavy atom. The lowest BCUT2D eigenvalue weighted by Crippen LogP contribution is -2.29. The van der Waals surface area contributed by atoms with Gasteiger partial charge >= 0.3 is 0 Å². The van der Waals surface area contributed by atoms with Gasteiger partial charge in [0.15, 0.2) is 0 Å². The molecular formula is C23H30N4O. The van der Waals surface area contributed by atoms with Gasteiger partial charge in [0, 0.05) is 42.3 Å². The van der Waals surface area contributed by atoms with Gasteiger partial charge in [0.2, 0.25) is 0 Å². The van der Waals surface area contributed by atoms with Crippen LogP contribution in [-0.4, -0.2) is 30.0 Å². The van der Waals surface area contributed by atoms with E-state index in [9.17, 15) is 4.79 Å². The molecule has 28 heavy (non-hydrogen) atoms. The molecule has 0 unspecified atom stereocenters. The molecule has 1 amide bonds. The summed E-state index contributed by atoms with van der Waals surface area (Å²) in [6.45, 7) is 2.25. The largest absolute Gasteiger partial charge is 0.372 e. The predicted molar refractivity (Wildman–Crippen MR) is 115 cm³/mol. The van der Waals surface area contributed by atoms with Crippen molar-refractivity contribution in [2.24, 2.45) is 0 Å². The van der Waals surface area contributed by atoms with Gasteiger partial charge in [-0.2, -0.15) is 0 Å². The maximum atomic E-state index is 12.7. The molecular weight excluding hydrogens is 348 g/mol. The summed E-state index contributed by atoms with van der Waals surface area (Å²) in [6, 6.07) is 12.3. The lowest BCUT2D eigenvalue weighted by Gasteiger charge is -2.28. The fourth-order valence-electron chi connectivity index (χ4n) is 4.22. The van der Waals surface area contributed by atoms with Crippen molar-refractivity contribution in [3.8, 4) is 0 Å². The van der Waals surface area contributed by atoms with Gasteiger partial charge in [-0.25, -0.2) is 4.98 Å². The fourth-order valence-corrected chi connectivity index (χ4v) is 4.22. The molecule has 0 radical (unpaired) electrons. The van der Waals surface area contributed by atoms with E-state index in [1.165, 1.54) is 57.1 Å². The second-order valence-electron chi connectivity index (χ2n) is 7.96. The van der Waals surface area contributed by atoms with E-state index in [1.54, 1.807) is 12.3 Å². The van der Waals surface area contributed by atoms with Crippen molar-refractivity contribution in [1.29, 1.82) is 0 Å². The van der Waals surface area contributed by atoms with Crippen molar-refractivity contribution >= 4 is 23.1 Å². The number of hydrogen-bond acceptors (Lipinski definition) is 4. The van der Waals surface area contributed by atoms with E-state index in [0.717, 1.165) is 24.6 Å². The minimum absolute atomic E-state index is 0.0974. The zero-order valence-electron chi connectivity index (χ0n) is 16.5. The monoisotopic (exact) mass is 378 g/mol. The molecule has 2 aromatic rings. The molecule has 1 aromatic carbocycles. The lowest BCUT2D eigenvalue weighted by atomic mass is 9.95. The highest BCUT2D eigenvalue weighted by Crippen LogP contribution is 2.23. The Bertz CT molecular complexity index is 777. The van der Waals surface area contributed by atoms with Gasteiger partial charge in [-0.3, -0.25) is 4.79 Å². The topological polar surface area (TPSA) is 57.3 Å². The van der Waals surface area contributed by atoms with Crippen LogP contribution < -0.4 is 15.5 Å². The van der Waals surface area contributed by atoms with Crippen LogP contribution in [0.4, 0.5) is 17.2 Å². The lowest BCUT2D eigenvalue weighted by molar-refractivity contribution is 0.102. The van der Waals surface area contributed by atoms with Gasteiger partial charge in [0.05, 0.1) is 0 Å². The second-order valence-corrected chi connectivity index (χ2v) is 7.96. The highest BCUT2D eigenvalue weighted by atomic mass is 16.1. The van der Waals surface area contributed by atoms with Crippen LogP contribution in [0, 0.1) is 0 Å². The van der Waals surface area contributed by atoms with Gasteiger partial charge < -0.3 is 15.5 Å². The van der Waals surface area contributed by atoms with Crippen LogP contribution in [0.25, 0.3) is 0 Å². The molecule has 5 heteroatoms. The van der Waals surface area contributed by atoms with Crippen LogP contribution in [0.15, 0.2) is 42.6 Å². The molecule has 148 valence electrons. The van der Waals surface area contributed by atoms with Gasteiger partial charge in [0.1, 0.15) is 5.82 Å². The number of carbonyl (C=O) groups is 1. The fraction of sp³-hybridized carbons (Fsp3) is 0.478. The molecule has 1 saturated heterocycles. The predicted octanol–water partition coefficient (Wildman–Crippen LogP) is 5.07. The number of aromatic nitrogens is 1. The van der Waals surface area contributed by atoms with Crippen molar-refractivity contribution in [2.45, 2.75) is 57.4 Å². The highest BCUT2D eigenvalue weighted by Gasteiger charge is 2.15. The summed E-state index contributed by atoms with van der Waals surface area (Å²) in [6.07, 6.45) is 11.8. The summed E-state index contributed by atoms with van der Waals surface area (Å²) in [5.74, 6) is 0.694. The number of amides is 1. The number of anilines is 3. The molecule has 2 aliphatic rings. The number of piperidine rings is 1. The zero-order chi connectivity index (χ0) is 19.2. The molecule has 2 heterocycles. The van der Waals surface area contributed by atoms with Crippen LogP contribution in [0.1, 0.15) is 61.7 Å². The quantitative estimate of drug-likeness (QED) is 0.763. The molecule has 1 aromatic heterocycles. The smallest absolute Gasteiger partial charge is 0.255 e. The SMILES string of the molecule is O=C(Nc1ccc(N2CCCCC2)cc1)c1ccnc(NC2CCCCC2)c1. The maximum Gasteiger partial charge on any atom is 0.255 e. The average molecular weight is 379 g/mol. The number of benzene rings is 1. The van der Waals surface area contributed by atoms with Gasteiger partial charge in [-0.15, -0.1) is 0 Å². The molecule has 1 aliphatic heterocycles. The number of pyridine rings is 1. The first-order valence-corrected chi connectivity index (χ1v) is 10.7. The van der Waals surface area contributed by atoms with Crippen LogP contribution >= 0.6 is 0 Å². The summed E-state index contributed by atoms with van der Waals surface area (Å²) >= 11 is 0. The molecule has 0 bridgehead atoms. The number of carbonyl (C=O) groups excluding carboxylic acids is 1. The standard InChI is InChI=1S/C23H30N4O/c28-23(18-13-14-24-22(17-18)25-19-7-3-1-4-8-19)26-20-9-11-21(12-10-20)27-15-5-2-6-16-27/h9-14,17,19H,1-8,15-16H2,(H,24,25)(H,26,28). The van der Waals surface area contributed by atoms with Crippen LogP contribution in [0.3, 0.4) is 0 Å².